The Morgan fingerprint density at radius 2 is 1.89 bits per heavy atom. The van der Waals surface area contributed by atoms with Crippen LogP contribution in [-0.2, 0) is 0 Å². The van der Waals surface area contributed by atoms with Crippen LogP contribution in [0.4, 0.5) is 0 Å². The first-order chi connectivity index (χ1) is 4.41. The van der Waals surface area contributed by atoms with Gasteiger partial charge in [0.15, 0.2) is 0 Å². The van der Waals surface area contributed by atoms with E-state index in [4.69, 9.17) is 5.26 Å². The third-order valence-corrected chi connectivity index (χ3v) is 0.745. The second-order valence-corrected chi connectivity index (χ2v) is 1.48. The molecule has 0 bridgehead atoms. The van der Waals surface area contributed by atoms with Gasteiger partial charge in [-0.2, -0.15) is 5.26 Å². The molecule has 0 atom stereocenters. The van der Waals surface area contributed by atoms with E-state index in [0.717, 1.165) is 0 Å². The lowest BCUT2D eigenvalue weighted by Gasteiger charge is -1.62. The van der Waals surface area contributed by atoms with E-state index in [1.807, 2.05) is 6.07 Å². The van der Waals surface area contributed by atoms with Gasteiger partial charge >= 0.3 is 0 Å². The number of hydrogen-bond acceptors (Lipinski definition) is 1. The van der Waals surface area contributed by atoms with Crippen molar-refractivity contribution in [2.24, 2.45) is 0 Å². The van der Waals surface area contributed by atoms with Gasteiger partial charge in [-0.15, -0.1) is 0 Å². The van der Waals surface area contributed by atoms with Gasteiger partial charge in [0.2, 0.25) is 0 Å². The maximum absolute atomic E-state index is 8.01. The molecule has 0 radical (unpaired) electrons. The highest BCUT2D eigenvalue weighted by atomic mass is 79.9. The fraction of sp³-hybridized carbons (Fsp3) is 0. The van der Waals surface area contributed by atoms with E-state index in [-0.39, 0.29) is 0 Å². The first-order valence-electron chi connectivity index (χ1n) is 2.24. The molecular formula is C7H4BrN. The highest BCUT2D eigenvalue weighted by Gasteiger charge is 1.58. The van der Waals surface area contributed by atoms with Gasteiger partial charge in [0, 0.05) is 22.0 Å². The summed E-state index contributed by atoms with van der Waals surface area (Å²) < 4.78 is 0. The van der Waals surface area contributed by atoms with E-state index >= 15 is 0 Å². The maximum atomic E-state index is 8.01. The number of halogens is 1. The molecule has 9 heavy (non-hydrogen) atoms. The summed E-state index contributed by atoms with van der Waals surface area (Å²) in [5.41, 5.74) is 0. The van der Waals surface area contributed by atoms with Crippen LogP contribution < -0.4 is 0 Å². The van der Waals surface area contributed by atoms with Crippen molar-refractivity contribution in [2.45, 2.75) is 0 Å². The van der Waals surface area contributed by atoms with Crippen LogP contribution in [0.3, 0.4) is 0 Å². The molecule has 0 aliphatic carbocycles. The van der Waals surface area contributed by atoms with Crippen molar-refractivity contribution in [3.05, 3.63) is 24.3 Å². The lowest BCUT2D eigenvalue weighted by Crippen LogP contribution is -1.47. The van der Waals surface area contributed by atoms with Crippen molar-refractivity contribution in [1.29, 1.82) is 5.26 Å². The summed E-state index contributed by atoms with van der Waals surface area (Å²) in [4.78, 5) is 2.50. The lowest BCUT2D eigenvalue weighted by molar-refractivity contribution is 1.53. The number of allylic oxidation sites excluding steroid dienone is 4. The molecule has 0 amide bonds. The molecule has 0 aliphatic rings. The van der Waals surface area contributed by atoms with Crippen molar-refractivity contribution in [3.63, 3.8) is 0 Å². The smallest absolute Gasteiger partial charge is 0.0912 e. The highest BCUT2D eigenvalue weighted by molar-refractivity contribution is 9.12. The Morgan fingerprint density at radius 1 is 1.22 bits per heavy atom. The van der Waals surface area contributed by atoms with Crippen LogP contribution in [0.5, 0.6) is 0 Å². The van der Waals surface area contributed by atoms with Gasteiger partial charge in [0.1, 0.15) is 0 Å². The highest BCUT2D eigenvalue weighted by Crippen LogP contribution is 1.75. The summed E-state index contributed by atoms with van der Waals surface area (Å²) in [6.45, 7) is 0. The SMILES string of the molecule is N#C/C=C/C=C\C#CBr. The van der Waals surface area contributed by atoms with E-state index in [2.05, 4.69) is 26.7 Å². The summed E-state index contributed by atoms with van der Waals surface area (Å²) in [6, 6.07) is 1.85. The standard InChI is InChI=1S/C7H4BrN/c8-6-4-2-1-3-5-7-9/h1-3,5H/b2-1-,5-3+. The largest absolute Gasteiger partial charge is 0.193 e. The second-order valence-electron chi connectivity index (χ2n) is 1.09. The van der Waals surface area contributed by atoms with Gasteiger partial charge in [0.25, 0.3) is 0 Å². The van der Waals surface area contributed by atoms with Crippen LogP contribution in [0.2, 0.25) is 0 Å². The lowest BCUT2D eigenvalue weighted by atomic mass is 10.4. The predicted molar refractivity (Wildman–Crippen MR) is 40.6 cm³/mol. The Balaban J connectivity index is 3.59. The minimum absolute atomic E-state index is 1.38. The van der Waals surface area contributed by atoms with Crippen LogP contribution >= 0.6 is 15.9 Å². The van der Waals surface area contributed by atoms with E-state index in [1.54, 1.807) is 18.2 Å². The molecule has 0 N–H and O–H groups in total. The molecule has 0 aromatic heterocycles. The quantitative estimate of drug-likeness (QED) is 0.345. The Bertz CT molecular complexity index is 209. The molecule has 0 unspecified atom stereocenters. The number of nitriles is 1. The van der Waals surface area contributed by atoms with Gasteiger partial charge < -0.3 is 0 Å². The third-order valence-electron chi connectivity index (χ3n) is 0.516. The molecule has 0 fully saturated rings. The molecule has 0 aliphatic heterocycles. The maximum Gasteiger partial charge on any atom is 0.0912 e. The van der Waals surface area contributed by atoms with E-state index in [1.165, 1.54) is 6.08 Å². The zero-order valence-electron chi connectivity index (χ0n) is 4.63. The predicted octanol–water partition coefficient (Wildman–Crippen LogP) is 1.98. The average Bonchev–Trinajstić information content (AvgIpc) is 1.89. The van der Waals surface area contributed by atoms with Crippen LogP contribution in [0, 0.1) is 22.1 Å². The molecule has 0 saturated carbocycles. The summed E-state index contributed by atoms with van der Waals surface area (Å²) in [5.74, 6) is 2.63. The fourth-order valence-electron chi connectivity index (χ4n) is 0.234. The Labute approximate surface area is 62.8 Å². The zero-order chi connectivity index (χ0) is 6.95. The number of nitrogens with zero attached hydrogens (tertiary/aromatic N) is 1. The van der Waals surface area contributed by atoms with Gasteiger partial charge in [-0.1, -0.05) is 18.1 Å². The van der Waals surface area contributed by atoms with E-state index in [0.29, 0.717) is 0 Å². The van der Waals surface area contributed by atoms with E-state index in [9.17, 15) is 0 Å². The van der Waals surface area contributed by atoms with Crippen molar-refractivity contribution < 1.29 is 0 Å². The monoisotopic (exact) mass is 181 g/mol. The van der Waals surface area contributed by atoms with Gasteiger partial charge in [0.05, 0.1) is 6.07 Å². The topological polar surface area (TPSA) is 23.8 Å². The van der Waals surface area contributed by atoms with Crippen LogP contribution in [0.1, 0.15) is 0 Å². The van der Waals surface area contributed by atoms with Crippen LogP contribution in [0.15, 0.2) is 24.3 Å². The van der Waals surface area contributed by atoms with Crippen molar-refractivity contribution in [2.75, 3.05) is 0 Å². The number of rotatable bonds is 1. The van der Waals surface area contributed by atoms with Gasteiger partial charge in [-0.25, -0.2) is 0 Å². The third kappa shape index (κ3) is 7.01. The van der Waals surface area contributed by atoms with Gasteiger partial charge in [-0.05, 0) is 10.9 Å². The minimum atomic E-state index is 1.38. The molecule has 0 spiro atoms. The first kappa shape index (κ1) is 8.01. The van der Waals surface area contributed by atoms with Gasteiger partial charge in [-0.3, -0.25) is 0 Å². The summed E-state index contributed by atoms with van der Waals surface area (Å²) in [5, 5.41) is 8.01. The van der Waals surface area contributed by atoms with E-state index < -0.39 is 0 Å². The Morgan fingerprint density at radius 3 is 2.44 bits per heavy atom. The normalized spacial score (nSPS) is 8.89. The molecule has 0 aromatic carbocycles. The average molecular weight is 182 g/mol. The summed E-state index contributed by atoms with van der Waals surface area (Å²) in [7, 11) is 0. The molecule has 1 nitrogen and oxygen atoms in total. The molecule has 0 rings (SSSR count). The molecular weight excluding hydrogens is 178 g/mol. The van der Waals surface area contributed by atoms with Crippen molar-refractivity contribution in [3.8, 4) is 16.8 Å². The molecule has 44 valence electrons. The molecule has 0 heterocycles. The minimum Gasteiger partial charge on any atom is -0.193 e. The Kier molecular flexibility index (Phi) is 6.24. The zero-order valence-corrected chi connectivity index (χ0v) is 6.22. The van der Waals surface area contributed by atoms with Crippen LogP contribution in [0.25, 0.3) is 0 Å². The Hall–Kier alpha value is -0.990. The summed E-state index contributed by atoms with van der Waals surface area (Å²) in [6.07, 6.45) is 6.34. The second kappa shape index (κ2) is 7.01. The summed E-state index contributed by atoms with van der Waals surface area (Å²) >= 11 is 2.92. The molecule has 0 aromatic rings. The first-order valence-corrected chi connectivity index (χ1v) is 3.03. The fourth-order valence-corrected chi connectivity index (χ4v) is 0.366. The van der Waals surface area contributed by atoms with Crippen molar-refractivity contribution >= 4 is 15.9 Å². The molecule has 2 heteroatoms. The van der Waals surface area contributed by atoms with Crippen molar-refractivity contribution in [1.82, 2.24) is 0 Å². The number of hydrogen-bond donors (Lipinski definition) is 0. The van der Waals surface area contributed by atoms with Crippen LogP contribution in [-0.4, -0.2) is 0 Å². The molecule has 0 saturated heterocycles.